The van der Waals surface area contributed by atoms with Gasteiger partial charge in [-0.25, -0.2) is 17.9 Å². The first-order valence-electron chi connectivity index (χ1n) is 16.6. The summed E-state index contributed by atoms with van der Waals surface area (Å²) in [7, 11) is -4.29. The number of sulfonamides is 1. The monoisotopic (exact) mass is 820 g/mol. The lowest BCUT2D eigenvalue weighted by Gasteiger charge is -2.43. The van der Waals surface area contributed by atoms with Crippen LogP contribution in [0.5, 0.6) is 0 Å². The molecule has 0 radical (unpaired) electrons. The molecule has 270 valence electrons. The molecule has 50 heavy (non-hydrogen) atoms. The highest BCUT2D eigenvalue weighted by atomic mass is 127. The third-order valence-electron chi connectivity index (χ3n) is 9.13. The lowest BCUT2D eigenvalue weighted by Crippen LogP contribution is -2.65. The van der Waals surface area contributed by atoms with Gasteiger partial charge in [0.05, 0.1) is 12.2 Å². The van der Waals surface area contributed by atoms with Crippen LogP contribution in [0.3, 0.4) is 0 Å². The zero-order valence-corrected chi connectivity index (χ0v) is 31.9. The first kappa shape index (κ1) is 37.4. The van der Waals surface area contributed by atoms with Crippen LogP contribution >= 0.6 is 22.6 Å². The molecular weight excluding hydrogens is 775 g/mol. The molecule has 5 rings (SSSR count). The van der Waals surface area contributed by atoms with Crippen molar-refractivity contribution in [3.8, 4) is 0 Å². The van der Waals surface area contributed by atoms with Crippen LogP contribution in [0.15, 0.2) is 60.0 Å². The van der Waals surface area contributed by atoms with E-state index < -0.39 is 57.1 Å². The minimum atomic E-state index is -4.29. The maximum atomic E-state index is 14.3. The van der Waals surface area contributed by atoms with Crippen molar-refractivity contribution in [3.05, 3.63) is 64.3 Å². The normalized spacial score (nSPS) is 22.1. The van der Waals surface area contributed by atoms with Gasteiger partial charge in [-0.2, -0.15) is 0 Å². The van der Waals surface area contributed by atoms with E-state index in [1.165, 1.54) is 17.0 Å². The standard InChI is InChI=1S/C35H45IN6O7S/c1-7-23-19-35(23,32(45)40-50(47,48)27-10-8-9-22-15-16-37-29(22)27)39-30(43)26-20-41(17-18-42(26)25-13-11-24(36)12-14-25)31(44)28(21(2)3)38-33(46)49-34(4,5)6/h7-14,21,23,26,28,37H,1,15-20H2,2-6H3,(H,38,46)(H,39,43)(H,40,45)/t23-,26+,28+,35-/m1/s1. The molecule has 2 aliphatic heterocycles. The maximum Gasteiger partial charge on any atom is 0.408 e. The quantitative estimate of drug-likeness (QED) is 0.208. The Hall–Kier alpha value is -3.86. The molecule has 2 aromatic carbocycles. The zero-order valence-electron chi connectivity index (χ0n) is 28.9. The number of carbonyl (C=O) groups excluding carboxylic acids is 4. The average molecular weight is 821 g/mol. The lowest BCUT2D eigenvalue weighted by atomic mass is 10.0. The van der Waals surface area contributed by atoms with Gasteiger partial charge in [0, 0.05) is 34.8 Å². The van der Waals surface area contributed by atoms with Crippen molar-refractivity contribution in [2.24, 2.45) is 11.8 Å². The van der Waals surface area contributed by atoms with E-state index in [1.807, 2.05) is 49.1 Å². The molecule has 2 fully saturated rings. The summed E-state index contributed by atoms with van der Waals surface area (Å²) in [5.41, 5.74) is -0.273. The summed E-state index contributed by atoms with van der Waals surface area (Å²) in [5.74, 6) is -2.59. The van der Waals surface area contributed by atoms with Gasteiger partial charge >= 0.3 is 6.09 Å². The van der Waals surface area contributed by atoms with Gasteiger partial charge in [0.15, 0.2) is 0 Å². The Morgan fingerprint density at radius 2 is 1.80 bits per heavy atom. The van der Waals surface area contributed by atoms with Gasteiger partial charge in [0.2, 0.25) is 11.8 Å². The predicted molar refractivity (Wildman–Crippen MR) is 198 cm³/mol. The number of para-hydroxylation sites is 1. The van der Waals surface area contributed by atoms with Gasteiger partial charge < -0.3 is 30.5 Å². The van der Waals surface area contributed by atoms with Crippen LogP contribution < -0.4 is 25.6 Å². The summed E-state index contributed by atoms with van der Waals surface area (Å²) in [5, 5.41) is 8.65. The molecule has 2 aromatic rings. The predicted octanol–water partition coefficient (Wildman–Crippen LogP) is 3.39. The number of nitrogens with one attached hydrogen (secondary N) is 4. The van der Waals surface area contributed by atoms with E-state index in [2.05, 4.69) is 49.8 Å². The van der Waals surface area contributed by atoms with Crippen LogP contribution in [0.1, 0.15) is 46.6 Å². The SMILES string of the molecule is C=C[C@@H]1C[C@]1(NC(=O)[C@@H]1CN(C(=O)[C@@H](NC(=O)OC(C)(C)C)C(C)C)CCN1c1ccc(I)cc1)C(=O)NS(=O)(=O)c1cccc2c1NCC2. The highest BCUT2D eigenvalue weighted by Crippen LogP contribution is 2.45. The van der Waals surface area contributed by atoms with Gasteiger partial charge in [0.1, 0.15) is 28.1 Å². The molecule has 4 amide bonds. The number of halogens is 1. The number of anilines is 2. The number of hydrogen-bond donors (Lipinski definition) is 4. The molecule has 13 nitrogen and oxygen atoms in total. The average Bonchev–Trinajstić information content (AvgIpc) is 3.55. The summed E-state index contributed by atoms with van der Waals surface area (Å²) in [6.07, 6.45) is 1.62. The van der Waals surface area contributed by atoms with E-state index >= 15 is 0 Å². The first-order valence-corrected chi connectivity index (χ1v) is 19.2. The van der Waals surface area contributed by atoms with Crippen LogP contribution in [0.4, 0.5) is 16.2 Å². The van der Waals surface area contributed by atoms with Gasteiger partial charge in [-0.3, -0.25) is 14.4 Å². The third-order valence-corrected chi connectivity index (χ3v) is 11.2. The summed E-state index contributed by atoms with van der Waals surface area (Å²) in [6, 6.07) is 10.6. The van der Waals surface area contributed by atoms with E-state index in [0.717, 1.165) is 14.8 Å². The fourth-order valence-electron chi connectivity index (χ4n) is 6.43. The van der Waals surface area contributed by atoms with Crippen molar-refractivity contribution in [1.82, 2.24) is 20.3 Å². The number of piperazine rings is 1. The summed E-state index contributed by atoms with van der Waals surface area (Å²) >= 11 is 2.19. The van der Waals surface area contributed by atoms with E-state index in [4.69, 9.17) is 4.74 Å². The van der Waals surface area contributed by atoms with Crippen LogP contribution in [0, 0.1) is 15.4 Å². The number of carbonyl (C=O) groups is 4. The second kappa shape index (κ2) is 14.4. The minimum Gasteiger partial charge on any atom is -0.444 e. The molecule has 1 saturated carbocycles. The van der Waals surface area contributed by atoms with Crippen molar-refractivity contribution in [1.29, 1.82) is 0 Å². The molecule has 15 heteroatoms. The van der Waals surface area contributed by atoms with Crippen molar-refractivity contribution < 1.29 is 32.3 Å². The van der Waals surface area contributed by atoms with Crippen LogP contribution in [-0.2, 0) is 35.6 Å². The number of ether oxygens (including phenoxy) is 1. The molecule has 0 unspecified atom stereocenters. The number of fused-ring (bicyclic) bond motifs is 1. The number of amides is 4. The van der Waals surface area contributed by atoms with Gasteiger partial charge in [-0.15, -0.1) is 6.58 Å². The van der Waals surface area contributed by atoms with E-state index in [0.29, 0.717) is 18.7 Å². The smallest absolute Gasteiger partial charge is 0.408 e. The Kier molecular flexibility index (Phi) is 10.8. The number of alkyl carbamates (subject to hydrolysis) is 1. The molecule has 3 aliphatic rings. The largest absolute Gasteiger partial charge is 0.444 e. The second-order valence-corrected chi connectivity index (χ2v) is 17.1. The third kappa shape index (κ3) is 8.03. The van der Waals surface area contributed by atoms with E-state index in [1.54, 1.807) is 26.8 Å². The van der Waals surface area contributed by atoms with Crippen LogP contribution in [0.2, 0.25) is 0 Å². The second-order valence-electron chi connectivity index (χ2n) is 14.2. The highest BCUT2D eigenvalue weighted by Gasteiger charge is 2.61. The Balaban J connectivity index is 1.39. The van der Waals surface area contributed by atoms with Crippen molar-refractivity contribution >= 4 is 67.8 Å². The molecule has 0 bridgehead atoms. The number of nitrogens with zero attached hydrogens (tertiary/aromatic N) is 2. The molecule has 4 N–H and O–H groups in total. The first-order chi connectivity index (χ1) is 23.5. The fraction of sp³-hybridized carbons (Fsp3) is 0.486. The Morgan fingerprint density at radius 1 is 1.10 bits per heavy atom. The Morgan fingerprint density at radius 3 is 2.42 bits per heavy atom. The molecule has 2 heterocycles. The Bertz CT molecular complexity index is 1780. The van der Waals surface area contributed by atoms with Crippen LogP contribution in [0.25, 0.3) is 0 Å². The zero-order chi connectivity index (χ0) is 36.6. The van der Waals surface area contributed by atoms with E-state index in [-0.39, 0.29) is 42.8 Å². The minimum absolute atomic E-state index is 0.0378. The lowest BCUT2D eigenvalue weighted by molar-refractivity contribution is -0.137. The fourth-order valence-corrected chi connectivity index (χ4v) is 8.06. The Labute approximate surface area is 307 Å². The molecule has 0 spiro atoms. The topological polar surface area (TPSA) is 166 Å². The molecule has 4 atom stereocenters. The molecule has 1 saturated heterocycles. The molecule has 1 aliphatic carbocycles. The van der Waals surface area contributed by atoms with Gasteiger partial charge in [-0.1, -0.05) is 32.1 Å². The maximum absolute atomic E-state index is 14.3. The van der Waals surface area contributed by atoms with Crippen molar-refractivity contribution in [3.63, 3.8) is 0 Å². The number of rotatable bonds is 10. The van der Waals surface area contributed by atoms with E-state index in [9.17, 15) is 27.6 Å². The molecular formula is C35H45IN6O7S. The number of benzene rings is 2. The summed E-state index contributed by atoms with van der Waals surface area (Å²) in [4.78, 5) is 58.1. The summed E-state index contributed by atoms with van der Waals surface area (Å²) in [6.45, 7) is 13.7. The van der Waals surface area contributed by atoms with Crippen molar-refractivity contribution in [2.75, 3.05) is 36.4 Å². The molecule has 0 aromatic heterocycles. The van der Waals surface area contributed by atoms with Crippen LogP contribution in [-0.4, -0.2) is 86.5 Å². The van der Waals surface area contributed by atoms with Gasteiger partial charge in [-0.05, 0) is 98.0 Å². The van der Waals surface area contributed by atoms with Crippen molar-refractivity contribution in [2.45, 2.75) is 75.6 Å². The number of hydrogen-bond acceptors (Lipinski definition) is 9. The summed E-state index contributed by atoms with van der Waals surface area (Å²) < 4.78 is 35.6. The highest BCUT2D eigenvalue weighted by molar-refractivity contribution is 14.1. The van der Waals surface area contributed by atoms with Gasteiger partial charge in [0.25, 0.3) is 15.9 Å².